The lowest BCUT2D eigenvalue weighted by atomic mass is 9.76. The summed E-state index contributed by atoms with van der Waals surface area (Å²) in [6.07, 6.45) is 0. The highest BCUT2D eigenvalue weighted by Gasteiger charge is 2.51. The predicted molar refractivity (Wildman–Crippen MR) is 211 cm³/mol. The van der Waals surface area contributed by atoms with Crippen LogP contribution in [0, 0.1) is 0 Å². The van der Waals surface area contributed by atoms with Crippen LogP contribution in [0.3, 0.4) is 0 Å². The fourth-order valence-electron chi connectivity index (χ4n) is 6.63. The number of thiazole rings is 1. The highest BCUT2D eigenvalue weighted by molar-refractivity contribution is 7.21. The molecule has 244 valence electrons. The van der Waals surface area contributed by atoms with E-state index in [1.165, 1.54) is 27.0 Å². The van der Waals surface area contributed by atoms with Gasteiger partial charge in [0.1, 0.15) is 5.01 Å². The van der Waals surface area contributed by atoms with Gasteiger partial charge in [-0.05, 0) is 102 Å². The van der Waals surface area contributed by atoms with Crippen LogP contribution in [0.1, 0.15) is 49.9 Å². The van der Waals surface area contributed by atoms with E-state index in [9.17, 15) is 0 Å². The number of benzene rings is 6. The summed E-state index contributed by atoms with van der Waals surface area (Å²) in [7, 11) is -0.501. The maximum Gasteiger partial charge on any atom is 0.494 e. The van der Waals surface area contributed by atoms with Crippen molar-refractivity contribution >= 4 is 45.3 Å². The molecule has 6 aromatic carbocycles. The van der Waals surface area contributed by atoms with Gasteiger partial charge in [0.25, 0.3) is 0 Å². The minimum absolute atomic E-state index is 0.454. The minimum Gasteiger partial charge on any atom is -0.399 e. The molecule has 50 heavy (non-hydrogen) atoms. The number of hydrogen-bond acceptors (Lipinski definition) is 4. The predicted octanol–water partition coefficient (Wildman–Crippen LogP) is 10.9. The van der Waals surface area contributed by atoms with E-state index in [1.54, 1.807) is 11.3 Å². The first-order chi connectivity index (χ1) is 24.3. The third-order valence-corrected chi connectivity index (χ3v) is 11.0. The molecule has 3 nitrogen and oxygen atoms in total. The van der Waals surface area contributed by atoms with Crippen molar-refractivity contribution in [2.45, 2.75) is 38.9 Å². The van der Waals surface area contributed by atoms with Crippen LogP contribution in [0.4, 0.5) is 0 Å². The Morgan fingerprint density at radius 3 is 1.58 bits per heavy atom. The molecule has 0 N–H and O–H groups in total. The van der Waals surface area contributed by atoms with Crippen molar-refractivity contribution in [1.82, 2.24) is 4.98 Å². The Morgan fingerprint density at radius 1 is 0.500 bits per heavy atom. The SMILES string of the molecule is CC1(C)OB(c2cc(-c3cccc(C(=C(c4ccccc4)c4ccccc4)c4ccccc4)c3)cc(-c3nc4ccccc4s3)c2)OC1(C)C. The van der Waals surface area contributed by atoms with E-state index in [1.807, 2.05) is 6.07 Å². The van der Waals surface area contributed by atoms with E-state index < -0.39 is 18.3 Å². The highest BCUT2D eigenvalue weighted by Crippen LogP contribution is 2.40. The summed E-state index contributed by atoms with van der Waals surface area (Å²) >= 11 is 1.71. The third-order valence-electron chi connectivity index (χ3n) is 9.94. The van der Waals surface area contributed by atoms with Gasteiger partial charge in [-0.15, -0.1) is 11.3 Å². The number of fused-ring (bicyclic) bond motifs is 1. The van der Waals surface area contributed by atoms with Crippen molar-refractivity contribution < 1.29 is 9.31 Å². The molecule has 0 atom stereocenters. The Morgan fingerprint density at radius 2 is 1.00 bits per heavy atom. The van der Waals surface area contributed by atoms with Gasteiger partial charge in [0.05, 0.1) is 21.4 Å². The van der Waals surface area contributed by atoms with Crippen LogP contribution < -0.4 is 5.46 Å². The summed E-state index contributed by atoms with van der Waals surface area (Å²) in [5.41, 5.74) is 11.3. The molecular formula is C45H38BNO2S. The molecule has 0 spiro atoms. The van der Waals surface area contributed by atoms with Crippen molar-refractivity contribution in [2.75, 3.05) is 0 Å². The molecule has 1 aromatic heterocycles. The largest absolute Gasteiger partial charge is 0.494 e. The van der Waals surface area contributed by atoms with E-state index in [-0.39, 0.29) is 0 Å². The Bertz CT molecular complexity index is 2240. The lowest BCUT2D eigenvalue weighted by Gasteiger charge is -2.32. The molecule has 0 bridgehead atoms. The maximum atomic E-state index is 6.59. The number of aromatic nitrogens is 1. The van der Waals surface area contributed by atoms with E-state index in [4.69, 9.17) is 14.3 Å². The van der Waals surface area contributed by atoms with Gasteiger partial charge in [0, 0.05) is 5.56 Å². The summed E-state index contributed by atoms with van der Waals surface area (Å²) in [5, 5.41) is 0.974. The Hall–Kier alpha value is -5.07. The second-order valence-electron chi connectivity index (χ2n) is 13.8. The minimum atomic E-state index is -0.501. The van der Waals surface area contributed by atoms with Gasteiger partial charge in [0.2, 0.25) is 0 Å². The summed E-state index contributed by atoms with van der Waals surface area (Å²) in [6.45, 7) is 8.40. The fourth-order valence-corrected chi connectivity index (χ4v) is 7.58. The first kappa shape index (κ1) is 32.2. The summed E-state index contributed by atoms with van der Waals surface area (Å²) < 4.78 is 14.4. The molecule has 5 heteroatoms. The van der Waals surface area contributed by atoms with Crippen molar-refractivity contribution in [3.63, 3.8) is 0 Å². The zero-order valence-electron chi connectivity index (χ0n) is 28.8. The lowest BCUT2D eigenvalue weighted by Crippen LogP contribution is -2.41. The number of para-hydroxylation sites is 1. The molecule has 8 rings (SSSR count). The first-order valence-corrected chi connectivity index (χ1v) is 18.0. The van der Waals surface area contributed by atoms with Crippen molar-refractivity contribution in [2.24, 2.45) is 0 Å². The maximum absolute atomic E-state index is 6.59. The number of hydrogen-bond donors (Lipinski definition) is 0. The van der Waals surface area contributed by atoms with Crippen LogP contribution >= 0.6 is 11.3 Å². The smallest absolute Gasteiger partial charge is 0.399 e. The summed E-state index contributed by atoms with van der Waals surface area (Å²) in [5.74, 6) is 0. The van der Waals surface area contributed by atoms with Crippen molar-refractivity contribution in [3.8, 4) is 21.7 Å². The summed E-state index contributed by atoms with van der Waals surface area (Å²) in [6, 6.07) is 56.0. The highest BCUT2D eigenvalue weighted by atomic mass is 32.1. The summed E-state index contributed by atoms with van der Waals surface area (Å²) in [4.78, 5) is 5.05. The second-order valence-corrected chi connectivity index (χ2v) is 14.9. The van der Waals surface area contributed by atoms with Gasteiger partial charge in [-0.2, -0.15) is 0 Å². The molecule has 1 aliphatic heterocycles. The average molecular weight is 668 g/mol. The zero-order valence-corrected chi connectivity index (χ0v) is 29.6. The van der Waals surface area contributed by atoms with Crippen LogP contribution in [0.5, 0.6) is 0 Å². The molecule has 0 amide bonds. The molecule has 1 fully saturated rings. The van der Waals surface area contributed by atoms with Gasteiger partial charge in [-0.3, -0.25) is 0 Å². The third kappa shape index (κ3) is 6.14. The van der Waals surface area contributed by atoms with Gasteiger partial charge in [-0.25, -0.2) is 4.98 Å². The van der Waals surface area contributed by atoms with E-state index in [0.717, 1.165) is 43.8 Å². The molecule has 0 unspecified atom stereocenters. The van der Waals surface area contributed by atoms with Crippen molar-refractivity contribution in [3.05, 3.63) is 180 Å². The molecule has 7 aromatic rings. The molecule has 1 aliphatic rings. The van der Waals surface area contributed by atoms with Gasteiger partial charge in [-0.1, -0.05) is 133 Å². The topological polar surface area (TPSA) is 31.4 Å². The number of rotatable bonds is 7. The molecule has 0 radical (unpaired) electrons. The van der Waals surface area contributed by atoms with Gasteiger partial charge >= 0.3 is 7.12 Å². The molecule has 1 saturated heterocycles. The first-order valence-electron chi connectivity index (χ1n) is 17.1. The van der Waals surface area contributed by atoms with Gasteiger partial charge < -0.3 is 9.31 Å². The fraction of sp³-hybridized carbons (Fsp3) is 0.133. The normalized spacial score (nSPS) is 14.9. The molecule has 0 aliphatic carbocycles. The zero-order chi connectivity index (χ0) is 34.3. The monoisotopic (exact) mass is 667 g/mol. The average Bonchev–Trinajstić information content (AvgIpc) is 3.68. The number of nitrogens with zero attached hydrogens (tertiary/aromatic N) is 1. The standard InChI is InChI=1S/C45H38BNO2S/c1-44(2)45(3,4)49-46(48-44)38-29-36(28-37(30-38)43-47-39-25-14-15-26-40(39)50-43)34-23-16-24-35(27-34)42(33-21-12-7-13-22-33)41(31-17-8-5-9-18-31)32-19-10-6-11-20-32/h5-30H,1-4H3. The molecular weight excluding hydrogens is 629 g/mol. The lowest BCUT2D eigenvalue weighted by molar-refractivity contribution is 0.00578. The van der Waals surface area contributed by atoms with E-state index in [0.29, 0.717) is 0 Å². The Labute approximate surface area is 299 Å². The molecule has 0 saturated carbocycles. The van der Waals surface area contributed by atoms with Crippen LogP contribution in [-0.4, -0.2) is 23.3 Å². The Kier molecular flexibility index (Phi) is 8.36. The van der Waals surface area contributed by atoms with Crippen molar-refractivity contribution in [1.29, 1.82) is 0 Å². The molecule has 2 heterocycles. The van der Waals surface area contributed by atoms with Crippen LogP contribution in [0.25, 0.3) is 43.1 Å². The van der Waals surface area contributed by atoms with Gasteiger partial charge in [0.15, 0.2) is 0 Å². The Balaban J connectivity index is 1.33. The quantitative estimate of drug-likeness (QED) is 0.125. The van der Waals surface area contributed by atoms with E-state index in [2.05, 4.69) is 179 Å². The van der Waals surface area contributed by atoms with Crippen LogP contribution in [0.2, 0.25) is 0 Å². The van der Waals surface area contributed by atoms with Crippen LogP contribution in [-0.2, 0) is 9.31 Å². The second kappa shape index (κ2) is 13.0. The van der Waals surface area contributed by atoms with Crippen LogP contribution in [0.15, 0.2) is 158 Å². The van der Waals surface area contributed by atoms with E-state index >= 15 is 0 Å².